The zero-order valence-electron chi connectivity index (χ0n) is 7.75. The van der Waals surface area contributed by atoms with Crippen molar-refractivity contribution in [1.29, 1.82) is 0 Å². The van der Waals surface area contributed by atoms with E-state index in [1.165, 1.54) is 25.7 Å². The van der Waals surface area contributed by atoms with Gasteiger partial charge in [0.25, 0.3) is 0 Å². The number of aromatic nitrogens is 2. The maximum atomic E-state index is 5.80. The van der Waals surface area contributed by atoms with Crippen molar-refractivity contribution in [2.75, 3.05) is 0 Å². The summed E-state index contributed by atoms with van der Waals surface area (Å²) in [6.45, 7) is 1.11. The van der Waals surface area contributed by atoms with E-state index in [9.17, 15) is 0 Å². The molecular formula is C10H15ClN2. The topological polar surface area (TPSA) is 17.8 Å². The summed E-state index contributed by atoms with van der Waals surface area (Å²) < 4.78 is 2.20. The molecule has 2 nitrogen and oxygen atoms in total. The smallest absolute Gasteiger partial charge is 0.0948 e. The summed E-state index contributed by atoms with van der Waals surface area (Å²) in [6, 6.07) is 0. The molecule has 2 rings (SSSR count). The Kier molecular flexibility index (Phi) is 2.89. The van der Waals surface area contributed by atoms with E-state index in [1.54, 1.807) is 0 Å². The molecule has 1 aromatic heterocycles. The quantitative estimate of drug-likeness (QED) is 0.683. The third-order valence-corrected chi connectivity index (χ3v) is 3.14. The van der Waals surface area contributed by atoms with E-state index < -0.39 is 0 Å². The summed E-state index contributed by atoms with van der Waals surface area (Å²) in [7, 11) is 0. The molecular weight excluding hydrogens is 184 g/mol. The van der Waals surface area contributed by atoms with Crippen LogP contribution in [0.4, 0.5) is 0 Å². The van der Waals surface area contributed by atoms with Crippen molar-refractivity contribution in [3.63, 3.8) is 0 Å². The van der Waals surface area contributed by atoms with E-state index in [0.29, 0.717) is 5.88 Å². The van der Waals surface area contributed by atoms with E-state index >= 15 is 0 Å². The number of imidazole rings is 1. The van der Waals surface area contributed by atoms with Gasteiger partial charge in [-0.2, -0.15) is 0 Å². The molecule has 0 N–H and O–H groups in total. The first-order valence-electron chi connectivity index (χ1n) is 4.95. The number of hydrogen-bond acceptors (Lipinski definition) is 1. The first-order chi connectivity index (χ1) is 6.40. The fraction of sp³-hybridized carbons (Fsp3) is 0.700. The average Bonchev–Trinajstić information content (AvgIpc) is 2.76. The fourth-order valence-corrected chi connectivity index (χ4v) is 2.32. The number of nitrogens with zero attached hydrogens (tertiary/aromatic N) is 2. The lowest BCUT2D eigenvalue weighted by atomic mass is 10.1. The molecule has 0 atom stereocenters. The number of hydrogen-bond donors (Lipinski definition) is 0. The molecule has 1 aliphatic carbocycles. The minimum absolute atomic E-state index is 0.576. The average molecular weight is 199 g/mol. The van der Waals surface area contributed by atoms with Gasteiger partial charge in [-0.3, -0.25) is 0 Å². The van der Waals surface area contributed by atoms with Crippen LogP contribution in [0.2, 0.25) is 0 Å². The maximum absolute atomic E-state index is 5.80. The van der Waals surface area contributed by atoms with Crippen LogP contribution in [0, 0.1) is 5.92 Å². The Bertz CT molecular complexity index is 264. The zero-order valence-corrected chi connectivity index (χ0v) is 8.50. The minimum atomic E-state index is 0.576. The van der Waals surface area contributed by atoms with Crippen molar-refractivity contribution in [3.05, 3.63) is 18.2 Å². The zero-order chi connectivity index (χ0) is 9.10. The molecule has 1 saturated carbocycles. The second-order valence-electron chi connectivity index (χ2n) is 3.82. The molecule has 72 valence electrons. The Hall–Kier alpha value is -0.500. The minimum Gasteiger partial charge on any atom is -0.333 e. The summed E-state index contributed by atoms with van der Waals surface area (Å²) in [5.41, 5.74) is 1.15. The van der Waals surface area contributed by atoms with Gasteiger partial charge in [-0.15, -0.1) is 11.6 Å². The predicted molar refractivity (Wildman–Crippen MR) is 53.7 cm³/mol. The summed E-state index contributed by atoms with van der Waals surface area (Å²) >= 11 is 5.80. The van der Waals surface area contributed by atoms with Crippen LogP contribution in [0.25, 0.3) is 0 Å². The molecule has 13 heavy (non-hydrogen) atoms. The van der Waals surface area contributed by atoms with Gasteiger partial charge in [0.15, 0.2) is 0 Å². The molecule has 0 saturated heterocycles. The molecule has 1 fully saturated rings. The molecule has 0 unspecified atom stereocenters. The molecule has 1 aromatic rings. The first kappa shape index (κ1) is 9.07. The van der Waals surface area contributed by atoms with E-state index in [2.05, 4.69) is 9.55 Å². The third kappa shape index (κ3) is 2.05. The van der Waals surface area contributed by atoms with Gasteiger partial charge < -0.3 is 4.57 Å². The molecule has 0 radical (unpaired) electrons. The lowest BCUT2D eigenvalue weighted by molar-refractivity contribution is 0.451. The highest BCUT2D eigenvalue weighted by Crippen LogP contribution is 2.26. The largest absolute Gasteiger partial charge is 0.333 e. The number of rotatable bonds is 3. The monoisotopic (exact) mass is 198 g/mol. The van der Waals surface area contributed by atoms with Crippen LogP contribution in [-0.2, 0) is 12.4 Å². The van der Waals surface area contributed by atoms with E-state index in [0.717, 1.165) is 18.2 Å². The van der Waals surface area contributed by atoms with Gasteiger partial charge in [-0.05, 0) is 18.8 Å². The van der Waals surface area contributed by atoms with Crippen molar-refractivity contribution in [2.45, 2.75) is 38.1 Å². The van der Waals surface area contributed by atoms with Crippen molar-refractivity contribution in [2.24, 2.45) is 5.92 Å². The van der Waals surface area contributed by atoms with Gasteiger partial charge >= 0.3 is 0 Å². The summed E-state index contributed by atoms with van der Waals surface area (Å²) in [6.07, 6.45) is 9.31. The van der Waals surface area contributed by atoms with Crippen LogP contribution >= 0.6 is 11.6 Å². The molecule has 1 heterocycles. The first-order valence-corrected chi connectivity index (χ1v) is 5.48. The molecule has 0 spiro atoms. The fourth-order valence-electron chi connectivity index (χ4n) is 2.09. The van der Waals surface area contributed by atoms with E-state index in [4.69, 9.17) is 11.6 Å². The van der Waals surface area contributed by atoms with E-state index in [1.807, 2.05) is 12.5 Å². The van der Waals surface area contributed by atoms with Crippen LogP contribution in [0.3, 0.4) is 0 Å². The Morgan fingerprint density at radius 3 is 2.92 bits per heavy atom. The lowest BCUT2D eigenvalue weighted by Crippen LogP contribution is -2.08. The Labute approximate surface area is 83.9 Å². The van der Waals surface area contributed by atoms with Gasteiger partial charge in [0.05, 0.1) is 17.9 Å². The molecule has 0 bridgehead atoms. The van der Waals surface area contributed by atoms with Crippen LogP contribution in [0.5, 0.6) is 0 Å². The molecule has 0 aliphatic heterocycles. The Balaban J connectivity index is 1.99. The van der Waals surface area contributed by atoms with Gasteiger partial charge in [0.2, 0.25) is 0 Å². The van der Waals surface area contributed by atoms with Gasteiger partial charge in [-0.25, -0.2) is 4.98 Å². The van der Waals surface area contributed by atoms with Crippen molar-refractivity contribution in [1.82, 2.24) is 9.55 Å². The third-order valence-electron chi connectivity index (χ3n) is 2.87. The van der Waals surface area contributed by atoms with E-state index in [-0.39, 0.29) is 0 Å². The van der Waals surface area contributed by atoms with Crippen LogP contribution in [0.1, 0.15) is 31.4 Å². The second kappa shape index (κ2) is 4.14. The standard InChI is InChI=1S/C10H15ClN2/c11-5-10-6-12-8-13(10)7-9-3-1-2-4-9/h6,8-9H,1-5,7H2. The lowest BCUT2D eigenvalue weighted by Gasteiger charge is -2.11. The normalized spacial score (nSPS) is 18.2. The molecule has 0 amide bonds. The van der Waals surface area contributed by atoms with Crippen LogP contribution < -0.4 is 0 Å². The summed E-state index contributed by atoms with van der Waals surface area (Å²) in [5, 5.41) is 0. The molecule has 1 aliphatic rings. The predicted octanol–water partition coefficient (Wildman–Crippen LogP) is 2.81. The molecule has 0 aromatic carbocycles. The Morgan fingerprint density at radius 1 is 1.46 bits per heavy atom. The van der Waals surface area contributed by atoms with Gasteiger partial charge in [0, 0.05) is 12.7 Å². The Morgan fingerprint density at radius 2 is 2.23 bits per heavy atom. The summed E-state index contributed by atoms with van der Waals surface area (Å²) in [5.74, 6) is 1.43. The second-order valence-corrected chi connectivity index (χ2v) is 4.09. The number of alkyl halides is 1. The van der Waals surface area contributed by atoms with Crippen molar-refractivity contribution in [3.8, 4) is 0 Å². The van der Waals surface area contributed by atoms with Crippen LogP contribution in [0.15, 0.2) is 12.5 Å². The van der Waals surface area contributed by atoms with Crippen molar-refractivity contribution >= 4 is 11.6 Å². The number of halogens is 1. The highest BCUT2D eigenvalue weighted by molar-refractivity contribution is 6.16. The maximum Gasteiger partial charge on any atom is 0.0948 e. The highest BCUT2D eigenvalue weighted by Gasteiger charge is 2.16. The highest BCUT2D eigenvalue weighted by atomic mass is 35.5. The van der Waals surface area contributed by atoms with Gasteiger partial charge in [-0.1, -0.05) is 12.8 Å². The SMILES string of the molecule is ClCc1cncn1CC1CCCC1. The summed E-state index contributed by atoms with van der Waals surface area (Å²) in [4.78, 5) is 4.11. The van der Waals surface area contributed by atoms with Crippen LogP contribution in [-0.4, -0.2) is 9.55 Å². The van der Waals surface area contributed by atoms with Gasteiger partial charge in [0.1, 0.15) is 0 Å². The van der Waals surface area contributed by atoms with Crippen molar-refractivity contribution < 1.29 is 0 Å². The molecule has 3 heteroatoms.